The third-order valence-corrected chi connectivity index (χ3v) is 5.01. The number of fused-ring (bicyclic) bond motifs is 1. The van der Waals surface area contributed by atoms with Crippen LogP contribution in [0.15, 0.2) is 39.8 Å². The first-order valence-electron chi connectivity index (χ1n) is 7.72. The standard InChI is InChI=1S/C16H14F3N5O2S/c1-8-9(2)27-13-4-3-10(5-12(13)22-14(8)25)15(26)20-6-11-7-21-24(23-11)16(17,18)19/h3-5,7H,6H2,1-2H3,(H,20,26)(H,22,25). The number of amides is 2. The number of anilines is 1. The summed E-state index contributed by atoms with van der Waals surface area (Å²) in [6, 6.07) is 4.80. The molecule has 0 saturated carbocycles. The molecule has 0 fully saturated rings. The van der Waals surface area contributed by atoms with Crippen LogP contribution in [0.25, 0.3) is 0 Å². The summed E-state index contributed by atoms with van der Waals surface area (Å²) in [7, 11) is 0. The zero-order chi connectivity index (χ0) is 19.8. The van der Waals surface area contributed by atoms with Gasteiger partial charge in [0.15, 0.2) is 0 Å². The topological polar surface area (TPSA) is 88.9 Å². The second kappa shape index (κ2) is 7.06. The summed E-state index contributed by atoms with van der Waals surface area (Å²) in [5.74, 6) is -0.760. The van der Waals surface area contributed by atoms with Crippen molar-refractivity contribution in [2.75, 3.05) is 5.32 Å². The maximum Gasteiger partial charge on any atom is 0.521 e. The van der Waals surface area contributed by atoms with Crippen LogP contribution < -0.4 is 10.6 Å². The molecule has 142 valence electrons. The number of benzene rings is 1. The van der Waals surface area contributed by atoms with E-state index in [-0.39, 0.29) is 28.5 Å². The Morgan fingerprint density at radius 2 is 2.07 bits per heavy atom. The normalized spacial score (nSPS) is 14.5. The van der Waals surface area contributed by atoms with E-state index in [1.165, 1.54) is 17.8 Å². The number of hydrogen-bond donors (Lipinski definition) is 2. The van der Waals surface area contributed by atoms with Gasteiger partial charge in [0.2, 0.25) is 0 Å². The van der Waals surface area contributed by atoms with Crippen molar-refractivity contribution in [3.63, 3.8) is 0 Å². The lowest BCUT2D eigenvalue weighted by Gasteiger charge is -2.09. The first-order valence-corrected chi connectivity index (χ1v) is 8.54. The summed E-state index contributed by atoms with van der Waals surface area (Å²) in [5.41, 5.74) is 1.32. The predicted molar refractivity (Wildman–Crippen MR) is 91.8 cm³/mol. The maximum atomic E-state index is 12.5. The molecule has 0 atom stereocenters. The van der Waals surface area contributed by atoms with E-state index in [0.717, 1.165) is 16.0 Å². The van der Waals surface area contributed by atoms with Crippen molar-refractivity contribution in [3.8, 4) is 0 Å². The van der Waals surface area contributed by atoms with E-state index in [9.17, 15) is 22.8 Å². The number of nitrogens with zero attached hydrogens (tertiary/aromatic N) is 3. The minimum Gasteiger partial charge on any atom is -0.346 e. The molecule has 3 rings (SSSR count). The monoisotopic (exact) mass is 397 g/mol. The fraction of sp³-hybridized carbons (Fsp3) is 0.250. The van der Waals surface area contributed by atoms with Crippen LogP contribution in [0.1, 0.15) is 29.9 Å². The van der Waals surface area contributed by atoms with E-state index in [0.29, 0.717) is 11.3 Å². The van der Waals surface area contributed by atoms with Crippen molar-refractivity contribution in [3.05, 3.63) is 46.1 Å². The Bertz CT molecular complexity index is 952. The third kappa shape index (κ3) is 4.13. The molecule has 0 unspecified atom stereocenters. The highest BCUT2D eigenvalue weighted by molar-refractivity contribution is 8.03. The summed E-state index contributed by atoms with van der Waals surface area (Å²) in [5, 5.41) is 11.6. The molecule has 0 aliphatic carbocycles. The number of rotatable bonds is 3. The van der Waals surface area contributed by atoms with Gasteiger partial charge < -0.3 is 10.6 Å². The third-order valence-electron chi connectivity index (χ3n) is 3.82. The molecule has 7 nitrogen and oxygen atoms in total. The van der Waals surface area contributed by atoms with Crippen LogP contribution in [0.5, 0.6) is 0 Å². The molecule has 1 aromatic carbocycles. The van der Waals surface area contributed by atoms with Crippen molar-refractivity contribution in [2.45, 2.75) is 31.6 Å². The van der Waals surface area contributed by atoms with Gasteiger partial charge in [-0.05, 0) is 37.0 Å². The summed E-state index contributed by atoms with van der Waals surface area (Å²) in [4.78, 5) is 25.6. The number of hydrogen-bond acceptors (Lipinski definition) is 5. The number of carbonyl (C=O) groups is 2. The molecular formula is C16H14F3N5O2S. The van der Waals surface area contributed by atoms with E-state index in [2.05, 4.69) is 20.8 Å². The zero-order valence-electron chi connectivity index (χ0n) is 14.2. The fourth-order valence-corrected chi connectivity index (χ4v) is 3.18. The predicted octanol–water partition coefficient (Wildman–Crippen LogP) is 3.02. The number of nitrogens with one attached hydrogen (secondary N) is 2. The molecule has 1 aromatic heterocycles. The molecule has 0 spiro atoms. The summed E-state index contributed by atoms with van der Waals surface area (Å²) >= 11 is 1.42. The Balaban J connectivity index is 1.71. The first kappa shape index (κ1) is 19.0. The summed E-state index contributed by atoms with van der Waals surface area (Å²) in [6.07, 6.45) is -3.78. The van der Waals surface area contributed by atoms with Crippen LogP contribution in [0.4, 0.5) is 18.9 Å². The Kier molecular flexibility index (Phi) is 4.96. The lowest BCUT2D eigenvalue weighted by Crippen LogP contribution is -2.24. The van der Waals surface area contributed by atoms with Gasteiger partial charge in [0.25, 0.3) is 11.8 Å². The zero-order valence-corrected chi connectivity index (χ0v) is 15.0. The number of alkyl halides is 3. The molecule has 0 saturated heterocycles. The van der Waals surface area contributed by atoms with Gasteiger partial charge in [0.05, 0.1) is 18.4 Å². The number of carbonyl (C=O) groups excluding carboxylic acids is 2. The van der Waals surface area contributed by atoms with Crippen LogP contribution in [0.3, 0.4) is 0 Å². The highest BCUT2D eigenvalue weighted by Crippen LogP contribution is 2.37. The molecule has 2 N–H and O–H groups in total. The van der Waals surface area contributed by atoms with E-state index < -0.39 is 12.2 Å². The van der Waals surface area contributed by atoms with Crippen molar-refractivity contribution in [1.82, 2.24) is 20.3 Å². The quantitative estimate of drug-likeness (QED) is 0.831. The second-order valence-corrected chi connectivity index (χ2v) is 6.98. The molecule has 2 amide bonds. The van der Waals surface area contributed by atoms with E-state index in [4.69, 9.17) is 0 Å². The van der Waals surface area contributed by atoms with Crippen molar-refractivity contribution in [2.24, 2.45) is 0 Å². The number of aromatic nitrogens is 3. The lowest BCUT2D eigenvalue weighted by atomic mass is 10.1. The van der Waals surface area contributed by atoms with Crippen molar-refractivity contribution >= 4 is 29.3 Å². The van der Waals surface area contributed by atoms with Gasteiger partial charge in [-0.2, -0.15) is 5.10 Å². The van der Waals surface area contributed by atoms with Crippen LogP contribution in [0, 0.1) is 0 Å². The molecule has 27 heavy (non-hydrogen) atoms. The molecule has 2 heterocycles. The molecular weight excluding hydrogens is 383 g/mol. The van der Waals surface area contributed by atoms with Crippen molar-refractivity contribution in [1.29, 1.82) is 0 Å². The molecule has 0 bridgehead atoms. The number of halogens is 3. The SMILES string of the molecule is CC1=C(C)C(=O)Nc2cc(C(=O)NCc3cnn(C(F)(F)F)n3)ccc2S1. The van der Waals surface area contributed by atoms with Gasteiger partial charge in [0.1, 0.15) is 5.69 Å². The largest absolute Gasteiger partial charge is 0.521 e. The fourth-order valence-electron chi connectivity index (χ4n) is 2.25. The Morgan fingerprint density at radius 3 is 2.74 bits per heavy atom. The molecule has 2 aromatic rings. The number of thioether (sulfide) groups is 1. The Morgan fingerprint density at radius 1 is 1.33 bits per heavy atom. The van der Waals surface area contributed by atoms with Gasteiger partial charge in [-0.3, -0.25) is 9.59 Å². The number of allylic oxidation sites excluding steroid dienone is 1. The van der Waals surface area contributed by atoms with Gasteiger partial charge >= 0.3 is 6.30 Å². The van der Waals surface area contributed by atoms with Gasteiger partial charge in [-0.15, -0.1) is 18.3 Å². The molecule has 1 aliphatic heterocycles. The molecule has 1 aliphatic rings. The van der Waals surface area contributed by atoms with Crippen LogP contribution in [-0.4, -0.2) is 26.8 Å². The van der Waals surface area contributed by atoms with Crippen LogP contribution >= 0.6 is 11.8 Å². The van der Waals surface area contributed by atoms with Crippen LogP contribution in [-0.2, 0) is 17.6 Å². The summed E-state index contributed by atoms with van der Waals surface area (Å²) < 4.78 is 37.4. The van der Waals surface area contributed by atoms with Gasteiger partial charge in [-0.25, -0.2) is 0 Å². The Labute approximate surface area is 156 Å². The average molecular weight is 397 g/mol. The minimum absolute atomic E-state index is 0.0326. The lowest BCUT2D eigenvalue weighted by molar-refractivity contribution is -0.221. The van der Waals surface area contributed by atoms with E-state index in [1.807, 2.05) is 6.92 Å². The smallest absolute Gasteiger partial charge is 0.346 e. The highest BCUT2D eigenvalue weighted by atomic mass is 32.2. The Hall–Kier alpha value is -2.82. The van der Waals surface area contributed by atoms with E-state index in [1.54, 1.807) is 19.1 Å². The van der Waals surface area contributed by atoms with Crippen molar-refractivity contribution < 1.29 is 22.8 Å². The molecule has 0 radical (unpaired) electrons. The van der Waals surface area contributed by atoms with Crippen LogP contribution in [0.2, 0.25) is 0 Å². The molecule has 11 heteroatoms. The summed E-state index contributed by atoms with van der Waals surface area (Å²) in [6.45, 7) is 3.33. The maximum absolute atomic E-state index is 12.5. The highest BCUT2D eigenvalue weighted by Gasteiger charge is 2.33. The second-order valence-electron chi connectivity index (χ2n) is 5.72. The van der Waals surface area contributed by atoms with Gasteiger partial charge in [-0.1, -0.05) is 16.6 Å². The van der Waals surface area contributed by atoms with Gasteiger partial charge in [0, 0.05) is 16.0 Å². The first-order chi connectivity index (χ1) is 12.6. The minimum atomic E-state index is -4.71. The van der Waals surface area contributed by atoms with E-state index >= 15 is 0 Å². The average Bonchev–Trinajstić information content (AvgIpc) is 3.06.